The lowest BCUT2D eigenvalue weighted by Gasteiger charge is -2.33. The highest BCUT2D eigenvalue weighted by Gasteiger charge is 2.15. The second-order valence-electron chi connectivity index (χ2n) is 2.08. The lowest BCUT2D eigenvalue weighted by molar-refractivity contribution is 0.235. The van der Waals surface area contributed by atoms with Crippen LogP contribution in [0.25, 0.3) is 0 Å². The SMILES string of the molecule is CN([O-])C(C)(C)N=O. The van der Waals surface area contributed by atoms with E-state index < -0.39 is 5.66 Å². The third-order valence-electron chi connectivity index (χ3n) is 0.994. The van der Waals surface area contributed by atoms with E-state index in [4.69, 9.17) is 0 Å². The van der Waals surface area contributed by atoms with Crippen molar-refractivity contribution in [2.75, 3.05) is 7.05 Å². The van der Waals surface area contributed by atoms with E-state index in [1.807, 2.05) is 0 Å². The molecule has 0 rings (SSSR count). The van der Waals surface area contributed by atoms with Crippen LogP contribution < -0.4 is 0 Å². The molecule has 4 heteroatoms. The van der Waals surface area contributed by atoms with Gasteiger partial charge in [-0.25, -0.2) is 0 Å². The Kier molecular flexibility index (Phi) is 2.06. The molecule has 0 aromatic carbocycles. The standard InChI is InChI=1S/C4H9N2O2/c1-4(2,5-7)6(3)8/h1-3H3/q-1. The van der Waals surface area contributed by atoms with Gasteiger partial charge in [0.05, 0.1) is 0 Å². The van der Waals surface area contributed by atoms with Gasteiger partial charge in [-0.15, -0.1) is 4.91 Å². The number of hydrogen-bond acceptors (Lipinski definition) is 4. The topological polar surface area (TPSA) is 55.7 Å². The first kappa shape index (κ1) is 7.52. The molecule has 48 valence electrons. The molecule has 0 fully saturated rings. The average Bonchev–Trinajstić information content (AvgIpc) is 1.67. The molecule has 0 aromatic heterocycles. The minimum Gasteiger partial charge on any atom is -0.784 e. The summed E-state index contributed by atoms with van der Waals surface area (Å²) in [5, 5.41) is 13.4. The van der Waals surface area contributed by atoms with Crippen LogP contribution in [0.5, 0.6) is 0 Å². The van der Waals surface area contributed by atoms with Crippen LogP contribution in [0.4, 0.5) is 0 Å². The normalized spacial score (nSPS) is 12.1. The van der Waals surface area contributed by atoms with E-state index in [0.29, 0.717) is 5.06 Å². The van der Waals surface area contributed by atoms with Crippen LogP contribution in [-0.2, 0) is 0 Å². The summed E-state index contributed by atoms with van der Waals surface area (Å²) < 4.78 is 0. The molecule has 8 heavy (non-hydrogen) atoms. The quantitative estimate of drug-likeness (QED) is 0.399. The van der Waals surface area contributed by atoms with Gasteiger partial charge in [0, 0.05) is 0 Å². The van der Waals surface area contributed by atoms with Crippen LogP contribution >= 0.6 is 0 Å². The van der Waals surface area contributed by atoms with E-state index in [1.54, 1.807) is 0 Å². The van der Waals surface area contributed by atoms with Crippen LogP contribution in [0, 0.1) is 10.1 Å². The van der Waals surface area contributed by atoms with Crippen LogP contribution in [0.2, 0.25) is 0 Å². The van der Waals surface area contributed by atoms with Crippen molar-refractivity contribution < 1.29 is 0 Å². The zero-order chi connectivity index (χ0) is 6.78. The van der Waals surface area contributed by atoms with Crippen molar-refractivity contribution in [3.63, 3.8) is 0 Å². The number of hydrogen-bond donors (Lipinski definition) is 0. The van der Waals surface area contributed by atoms with Gasteiger partial charge in [-0.3, -0.25) is 0 Å². The van der Waals surface area contributed by atoms with Gasteiger partial charge in [0.2, 0.25) is 0 Å². The van der Waals surface area contributed by atoms with E-state index >= 15 is 0 Å². The summed E-state index contributed by atoms with van der Waals surface area (Å²) in [6.07, 6.45) is 0. The third kappa shape index (κ3) is 1.55. The molecule has 0 bridgehead atoms. The van der Waals surface area contributed by atoms with Gasteiger partial charge in [-0.1, -0.05) is 0 Å². The van der Waals surface area contributed by atoms with E-state index in [1.165, 1.54) is 20.9 Å². The highest BCUT2D eigenvalue weighted by atomic mass is 16.5. The molecule has 0 heterocycles. The zero-order valence-corrected chi connectivity index (χ0v) is 5.21. The third-order valence-corrected chi connectivity index (χ3v) is 0.994. The van der Waals surface area contributed by atoms with E-state index in [9.17, 15) is 10.1 Å². The maximum absolute atomic E-state index is 10.3. The fraction of sp³-hybridized carbons (Fsp3) is 1.00. The second-order valence-corrected chi connectivity index (χ2v) is 2.08. The maximum Gasteiger partial charge on any atom is 0.138 e. The Morgan fingerprint density at radius 1 is 1.62 bits per heavy atom. The number of nitrogens with zero attached hydrogens (tertiary/aromatic N) is 2. The van der Waals surface area contributed by atoms with E-state index in [2.05, 4.69) is 5.18 Å². The molecule has 0 aromatic rings. The van der Waals surface area contributed by atoms with Crippen LogP contribution in [-0.4, -0.2) is 17.8 Å². The first-order chi connectivity index (χ1) is 3.50. The number of nitroso groups, excluding NO2 is 1. The molecule has 0 N–H and O–H groups in total. The summed E-state index contributed by atoms with van der Waals surface area (Å²) in [6, 6.07) is 0. The highest BCUT2D eigenvalue weighted by Crippen LogP contribution is 2.10. The van der Waals surface area contributed by atoms with Gasteiger partial charge in [0.15, 0.2) is 0 Å². The molecule has 0 atom stereocenters. The van der Waals surface area contributed by atoms with Crippen molar-refractivity contribution in [3.8, 4) is 0 Å². The van der Waals surface area contributed by atoms with E-state index in [0.717, 1.165) is 0 Å². The summed E-state index contributed by atoms with van der Waals surface area (Å²) in [6.45, 7) is 2.90. The van der Waals surface area contributed by atoms with Gasteiger partial charge in [-0.2, -0.15) is 0 Å². The van der Waals surface area contributed by atoms with Crippen LogP contribution in [0.1, 0.15) is 13.8 Å². The van der Waals surface area contributed by atoms with Gasteiger partial charge in [0.25, 0.3) is 0 Å². The van der Waals surface area contributed by atoms with Crippen LogP contribution in [0.15, 0.2) is 5.18 Å². The van der Waals surface area contributed by atoms with Crippen molar-refractivity contribution >= 4 is 0 Å². The number of hydroxylamine groups is 2. The first-order valence-electron chi connectivity index (χ1n) is 2.26. The molecule has 4 nitrogen and oxygen atoms in total. The molecule has 0 unspecified atom stereocenters. The summed E-state index contributed by atoms with van der Waals surface area (Å²) in [4.78, 5) is 9.78. The van der Waals surface area contributed by atoms with Crippen molar-refractivity contribution in [1.29, 1.82) is 0 Å². The van der Waals surface area contributed by atoms with E-state index in [-0.39, 0.29) is 0 Å². The van der Waals surface area contributed by atoms with Crippen molar-refractivity contribution in [2.45, 2.75) is 19.5 Å². The largest absolute Gasteiger partial charge is 0.784 e. The molecule has 0 spiro atoms. The lowest BCUT2D eigenvalue weighted by Crippen LogP contribution is -2.33. The molecular formula is C4H9N2O2-. The summed E-state index contributed by atoms with van der Waals surface area (Å²) in [5.41, 5.74) is -1.11. The minimum absolute atomic E-state index is 0.514. The molecule has 0 saturated carbocycles. The molecule has 0 amide bonds. The second kappa shape index (κ2) is 2.19. The summed E-state index contributed by atoms with van der Waals surface area (Å²) in [5.74, 6) is 0. The predicted octanol–water partition coefficient (Wildman–Crippen LogP) is 0.919. The predicted molar refractivity (Wildman–Crippen MR) is 31.0 cm³/mol. The van der Waals surface area contributed by atoms with Crippen molar-refractivity contribution in [1.82, 2.24) is 5.06 Å². The zero-order valence-electron chi connectivity index (χ0n) is 5.21. The molecule has 0 saturated heterocycles. The van der Waals surface area contributed by atoms with Crippen molar-refractivity contribution in [3.05, 3.63) is 10.1 Å². The van der Waals surface area contributed by atoms with Crippen LogP contribution in [0.3, 0.4) is 0 Å². The Balaban J connectivity index is 3.90. The monoisotopic (exact) mass is 117 g/mol. The Morgan fingerprint density at radius 3 is 2.00 bits per heavy atom. The molecule has 0 aliphatic carbocycles. The lowest BCUT2D eigenvalue weighted by atomic mass is 10.3. The Bertz CT molecular complexity index is 90.0. The Morgan fingerprint density at radius 2 is 2.00 bits per heavy atom. The minimum atomic E-state index is -1.11. The summed E-state index contributed by atoms with van der Waals surface area (Å²) in [7, 11) is 1.27. The Labute approximate surface area is 48.0 Å². The van der Waals surface area contributed by atoms with Gasteiger partial charge in [-0.05, 0) is 26.1 Å². The fourth-order valence-corrected chi connectivity index (χ4v) is 0.0575. The van der Waals surface area contributed by atoms with Crippen molar-refractivity contribution in [2.24, 2.45) is 5.18 Å². The maximum atomic E-state index is 10.3. The molecule has 0 aliphatic rings. The Hall–Kier alpha value is -0.480. The van der Waals surface area contributed by atoms with Gasteiger partial charge in [0.1, 0.15) is 5.66 Å². The fourth-order valence-electron chi connectivity index (χ4n) is 0.0575. The molecule has 0 aliphatic heterocycles. The number of rotatable bonds is 2. The smallest absolute Gasteiger partial charge is 0.138 e. The summed E-state index contributed by atoms with van der Waals surface area (Å²) >= 11 is 0. The highest BCUT2D eigenvalue weighted by molar-refractivity contribution is 4.74. The molecule has 0 radical (unpaired) electrons. The molecular weight excluding hydrogens is 108 g/mol. The first-order valence-corrected chi connectivity index (χ1v) is 2.26. The van der Waals surface area contributed by atoms with Gasteiger partial charge >= 0.3 is 0 Å². The average molecular weight is 117 g/mol. The van der Waals surface area contributed by atoms with Gasteiger partial charge < -0.3 is 10.3 Å².